The lowest BCUT2D eigenvalue weighted by Gasteiger charge is -2.58. The first-order valence-electron chi connectivity index (χ1n) is 13.6. The van der Waals surface area contributed by atoms with Gasteiger partial charge in [0, 0.05) is 0 Å². The van der Waals surface area contributed by atoms with Crippen LogP contribution in [-0.4, -0.2) is 28.1 Å². The summed E-state index contributed by atoms with van der Waals surface area (Å²) in [6.45, 7) is 7.02. The van der Waals surface area contributed by atoms with E-state index in [1.54, 1.807) is 0 Å². The molecule has 0 unspecified atom stereocenters. The Hall–Kier alpha value is -0.550. The molecule has 0 amide bonds. The van der Waals surface area contributed by atoms with Gasteiger partial charge in [-0.05, 0) is 123 Å². The fraction of sp³-hybridized carbons (Fsp3) is 0.929. The van der Waals surface area contributed by atoms with E-state index in [9.17, 15) is 23.4 Å². The zero-order valence-corrected chi connectivity index (χ0v) is 20.6. The molecule has 0 radical (unpaired) electrons. The minimum Gasteiger partial charge on any atom is -0.393 e. The number of fused-ring (bicyclic) bond motifs is 5. The summed E-state index contributed by atoms with van der Waals surface area (Å²) in [5.41, 5.74) is -0.573. The molecule has 4 fully saturated rings. The third-order valence-electron chi connectivity index (χ3n) is 11.6. The number of hydrogen-bond acceptors (Lipinski definition) is 2. The van der Waals surface area contributed by atoms with Gasteiger partial charge in [-0.2, -0.15) is 13.2 Å². The molecule has 0 aliphatic heterocycles. The van der Waals surface area contributed by atoms with Gasteiger partial charge < -0.3 is 10.2 Å². The molecule has 5 aliphatic rings. The topological polar surface area (TPSA) is 40.5 Å². The molecule has 9 atom stereocenters. The Labute approximate surface area is 197 Å². The first-order valence-corrected chi connectivity index (χ1v) is 13.6. The fourth-order valence-corrected chi connectivity index (χ4v) is 9.40. The summed E-state index contributed by atoms with van der Waals surface area (Å²) in [6, 6.07) is 0. The number of alkyl halides is 3. The fourth-order valence-electron chi connectivity index (χ4n) is 9.40. The first kappa shape index (κ1) is 24.2. The average Bonchev–Trinajstić information content (AvgIpc) is 3.53. The van der Waals surface area contributed by atoms with E-state index in [-0.39, 0.29) is 29.3 Å². The summed E-state index contributed by atoms with van der Waals surface area (Å²) in [5.74, 6) is 2.07. The highest BCUT2D eigenvalue weighted by Gasteiger charge is 2.62. The molecule has 0 aromatic heterocycles. The van der Waals surface area contributed by atoms with Crippen molar-refractivity contribution in [3.05, 3.63) is 11.6 Å². The van der Waals surface area contributed by atoms with Gasteiger partial charge in [-0.15, -0.1) is 0 Å². The molecule has 4 saturated carbocycles. The highest BCUT2D eigenvalue weighted by atomic mass is 19.4. The summed E-state index contributed by atoms with van der Waals surface area (Å²) in [5, 5.41) is 20.8. The minimum atomic E-state index is -4.52. The van der Waals surface area contributed by atoms with Gasteiger partial charge in [-0.1, -0.05) is 32.4 Å². The molecule has 0 saturated heterocycles. The molecule has 0 bridgehead atoms. The summed E-state index contributed by atoms with van der Waals surface area (Å²) in [6.07, 6.45) is 7.70. The molecule has 2 N–H and O–H groups in total. The van der Waals surface area contributed by atoms with Crippen LogP contribution in [-0.2, 0) is 0 Å². The van der Waals surface area contributed by atoms with Crippen LogP contribution in [0.25, 0.3) is 0 Å². The minimum absolute atomic E-state index is 0.141. The number of allylic oxidation sites excluding steroid dienone is 1. The number of rotatable bonds is 5. The van der Waals surface area contributed by atoms with Crippen LogP contribution in [0.4, 0.5) is 13.2 Å². The SMILES string of the molecule is C[C@H](CC[C@](O)(C1CC1)C(F)(F)F)[C@H]1CC[C@H]2[C@@H]3CC=C4C[C@@H](O)CC[C@]4(C)[C@H]3CC[C@]12C. The molecule has 0 heterocycles. The summed E-state index contributed by atoms with van der Waals surface area (Å²) < 4.78 is 41.0. The number of aliphatic hydroxyl groups is 2. The quantitative estimate of drug-likeness (QED) is 0.425. The van der Waals surface area contributed by atoms with Gasteiger partial charge in [-0.3, -0.25) is 0 Å². The summed E-state index contributed by atoms with van der Waals surface area (Å²) >= 11 is 0. The molecule has 5 heteroatoms. The maximum absolute atomic E-state index is 13.7. The molecule has 0 aromatic rings. The third kappa shape index (κ3) is 3.74. The van der Waals surface area contributed by atoms with Crippen LogP contribution in [0.5, 0.6) is 0 Å². The number of hydrogen-bond donors (Lipinski definition) is 2. The van der Waals surface area contributed by atoms with Gasteiger partial charge in [0.15, 0.2) is 5.60 Å². The summed E-state index contributed by atoms with van der Waals surface area (Å²) in [7, 11) is 0. The second kappa shape index (κ2) is 7.98. The van der Waals surface area contributed by atoms with Crippen LogP contribution in [0, 0.1) is 46.3 Å². The maximum atomic E-state index is 13.7. The largest absolute Gasteiger partial charge is 0.417 e. The second-order valence-electron chi connectivity index (χ2n) is 13.1. The van der Waals surface area contributed by atoms with Crippen molar-refractivity contribution in [3.8, 4) is 0 Å². The van der Waals surface area contributed by atoms with Crippen molar-refractivity contribution in [2.24, 2.45) is 46.3 Å². The standard InChI is InChI=1S/C28H43F3O2/c1-17(10-15-27(33,18-4-5-18)28(29,30)31)22-8-9-23-21-7-6-19-16-20(32)11-13-25(19,2)24(21)12-14-26(22,23)3/h6,17-18,20-24,32-33H,4-5,7-16H2,1-3H3/t17-,20+,21+,22-,23+,24+,25+,26-,27+/m1/s1. The molecule has 0 spiro atoms. The van der Waals surface area contributed by atoms with Gasteiger partial charge >= 0.3 is 6.18 Å². The lowest BCUT2D eigenvalue weighted by Crippen LogP contribution is -2.51. The molecule has 2 nitrogen and oxygen atoms in total. The van der Waals surface area contributed by atoms with Gasteiger partial charge in [0.1, 0.15) is 0 Å². The van der Waals surface area contributed by atoms with Crippen LogP contribution < -0.4 is 0 Å². The van der Waals surface area contributed by atoms with Crippen LogP contribution in [0.3, 0.4) is 0 Å². The van der Waals surface area contributed by atoms with Crippen molar-refractivity contribution in [2.45, 2.75) is 116 Å². The van der Waals surface area contributed by atoms with E-state index in [1.807, 2.05) is 0 Å². The summed E-state index contributed by atoms with van der Waals surface area (Å²) in [4.78, 5) is 0. The monoisotopic (exact) mass is 468 g/mol. The third-order valence-corrected chi connectivity index (χ3v) is 11.6. The van der Waals surface area contributed by atoms with Gasteiger partial charge in [0.25, 0.3) is 0 Å². The van der Waals surface area contributed by atoms with Crippen molar-refractivity contribution < 1.29 is 23.4 Å². The molecule has 188 valence electrons. The predicted molar refractivity (Wildman–Crippen MR) is 123 cm³/mol. The normalized spacial score (nSPS) is 45.9. The van der Waals surface area contributed by atoms with Crippen LogP contribution in [0.1, 0.15) is 97.8 Å². The Kier molecular flexibility index (Phi) is 5.84. The maximum Gasteiger partial charge on any atom is 0.417 e. The number of aliphatic hydroxyl groups excluding tert-OH is 1. The highest BCUT2D eigenvalue weighted by Crippen LogP contribution is 2.67. The first-order chi connectivity index (χ1) is 15.4. The smallest absolute Gasteiger partial charge is 0.393 e. The molecule has 5 rings (SSSR count). The predicted octanol–water partition coefficient (Wildman–Crippen LogP) is 7.05. The second-order valence-corrected chi connectivity index (χ2v) is 13.1. The lowest BCUT2D eigenvalue weighted by atomic mass is 9.47. The molecule has 0 aromatic carbocycles. The van der Waals surface area contributed by atoms with Crippen molar-refractivity contribution >= 4 is 0 Å². The van der Waals surface area contributed by atoms with Crippen LogP contribution in [0.15, 0.2) is 11.6 Å². The van der Waals surface area contributed by atoms with E-state index in [1.165, 1.54) is 24.8 Å². The highest BCUT2D eigenvalue weighted by molar-refractivity contribution is 5.25. The van der Waals surface area contributed by atoms with Gasteiger partial charge in [0.2, 0.25) is 0 Å². The van der Waals surface area contributed by atoms with Crippen LogP contribution >= 0.6 is 0 Å². The zero-order chi connectivity index (χ0) is 23.8. The van der Waals surface area contributed by atoms with Crippen molar-refractivity contribution in [1.82, 2.24) is 0 Å². The van der Waals surface area contributed by atoms with E-state index in [2.05, 4.69) is 26.8 Å². The Morgan fingerprint density at radius 3 is 2.42 bits per heavy atom. The zero-order valence-electron chi connectivity index (χ0n) is 20.6. The van der Waals surface area contributed by atoms with Crippen molar-refractivity contribution in [2.75, 3.05) is 0 Å². The van der Waals surface area contributed by atoms with E-state index in [4.69, 9.17) is 0 Å². The molecular formula is C28H43F3O2. The van der Waals surface area contributed by atoms with Crippen molar-refractivity contribution in [1.29, 1.82) is 0 Å². The van der Waals surface area contributed by atoms with E-state index >= 15 is 0 Å². The Balaban J connectivity index is 1.30. The van der Waals surface area contributed by atoms with E-state index < -0.39 is 17.7 Å². The van der Waals surface area contributed by atoms with Crippen LogP contribution in [0.2, 0.25) is 0 Å². The molecule has 33 heavy (non-hydrogen) atoms. The van der Waals surface area contributed by atoms with E-state index in [0.29, 0.717) is 42.9 Å². The Bertz CT molecular complexity index is 789. The van der Waals surface area contributed by atoms with Crippen molar-refractivity contribution in [3.63, 3.8) is 0 Å². The lowest BCUT2D eigenvalue weighted by molar-refractivity contribution is -0.272. The Morgan fingerprint density at radius 2 is 1.76 bits per heavy atom. The molecular weight excluding hydrogens is 425 g/mol. The number of halogens is 3. The van der Waals surface area contributed by atoms with Gasteiger partial charge in [-0.25, -0.2) is 0 Å². The Morgan fingerprint density at radius 1 is 1.03 bits per heavy atom. The average molecular weight is 469 g/mol. The van der Waals surface area contributed by atoms with E-state index in [0.717, 1.165) is 32.1 Å². The van der Waals surface area contributed by atoms with Gasteiger partial charge in [0.05, 0.1) is 6.10 Å². The molecule has 5 aliphatic carbocycles.